The van der Waals surface area contributed by atoms with Crippen LogP contribution in [0.5, 0.6) is 0 Å². The van der Waals surface area contributed by atoms with E-state index in [0.717, 1.165) is 16.8 Å². The van der Waals surface area contributed by atoms with Crippen molar-refractivity contribution in [1.29, 1.82) is 0 Å². The maximum atomic E-state index is 10.3. The van der Waals surface area contributed by atoms with E-state index in [1.807, 2.05) is 30.3 Å². The van der Waals surface area contributed by atoms with Gasteiger partial charge in [-0.3, -0.25) is 4.79 Å². The zero-order chi connectivity index (χ0) is 11.1. The van der Waals surface area contributed by atoms with Crippen molar-refractivity contribution in [3.8, 4) is 0 Å². The second-order valence-electron chi connectivity index (χ2n) is 2.90. The fourth-order valence-electron chi connectivity index (χ4n) is 1.27. The molecular weight excluding hydrogens is 186 g/mol. The molecule has 0 aromatic heterocycles. The smallest absolute Gasteiger partial charge is 0.211 e. The van der Waals surface area contributed by atoms with Crippen LogP contribution in [0.2, 0.25) is 0 Å². The third-order valence-corrected chi connectivity index (χ3v) is 1.94. The molecule has 15 heavy (non-hydrogen) atoms. The topological polar surface area (TPSA) is 29.1 Å². The highest BCUT2D eigenvalue weighted by atomic mass is 16.1. The monoisotopic (exact) mass is 199 g/mol. The Kier molecular flexibility index (Phi) is 4.10. The van der Waals surface area contributed by atoms with Crippen molar-refractivity contribution in [3.63, 3.8) is 0 Å². The Bertz CT molecular complexity index is 405. The van der Waals surface area contributed by atoms with Crippen molar-refractivity contribution in [3.05, 3.63) is 61.2 Å². The maximum Gasteiger partial charge on any atom is 0.211 e. The molecule has 1 rings (SSSR count). The van der Waals surface area contributed by atoms with Crippen molar-refractivity contribution in [2.75, 3.05) is 5.32 Å². The average Bonchev–Trinajstić information content (AvgIpc) is 2.27. The zero-order valence-corrected chi connectivity index (χ0v) is 8.44. The molecule has 0 saturated heterocycles. The van der Waals surface area contributed by atoms with Crippen LogP contribution in [-0.4, -0.2) is 6.41 Å². The standard InChI is InChI=1S/C13H13NO/c1-3-6-11(4-2)12-7-5-8-13(9-12)14-10-15/h3-10H,1-2H2,(H,14,15)/b11-6+. The van der Waals surface area contributed by atoms with Crippen LogP contribution in [0.15, 0.2) is 55.7 Å². The lowest BCUT2D eigenvalue weighted by Crippen LogP contribution is -1.93. The number of carbonyl (C=O) groups is 1. The van der Waals surface area contributed by atoms with Gasteiger partial charge in [0.1, 0.15) is 0 Å². The molecule has 0 fully saturated rings. The fraction of sp³-hybridized carbons (Fsp3) is 0. The van der Waals surface area contributed by atoms with E-state index < -0.39 is 0 Å². The fourth-order valence-corrected chi connectivity index (χ4v) is 1.27. The van der Waals surface area contributed by atoms with Gasteiger partial charge >= 0.3 is 0 Å². The largest absolute Gasteiger partial charge is 0.329 e. The molecule has 0 aliphatic heterocycles. The van der Waals surface area contributed by atoms with E-state index in [1.165, 1.54) is 0 Å². The predicted octanol–water partition coefficient (Wildman–Crippen LogP) is 3.01. The number of benzene rings is 1. The summed E-state index contributed by atoms with van der Waals surface area (Å²) in [5.41, 5.74) is 2.73. The molecule has 1 N–H and O–H groups in total. The van der Waals surface area contributed by atoms with Gasteiger partial charge < -0.3 is 5.32 Å². The first-order valence-corrected chi connectivity index (χ1v) is 4.57. The van der Waals surface area contributed by atoms with Gasteiger partial charge in [0.15, 0.2) is 0 Å². The highest BCUT2D eigenvalue weighted by molar-refractivity contribution is 5.79. The first kappa shape index (κ1) is 11.0. The molecule has 1 aromatic carbocycles. The molecule has 2 heteroatoms. The van der Waals surface area contributed by atoms with Crippen LogP contribution in [0.1, 0.15) is 5.56 Å². The molecule has 1 aromatic rings. The molecule has 0 unspecified atom stereocenters. The van der Waals surface area contributed by atoms with Gasteiger partial charge in [0.25, 0.3) is 0 Å². The summed E-state index contributed by atoms with van der Waals surface area (Å²) in [5, 5.41) is 2.60. The summed E-state index contributed by atoms with van der Waals surface area (Å²) >= 11 is 0. The Morgan fingerprint density at radius 1 is 1.33 bits per heavy atom. The summed E-state index contributed by atoms with van der Waals surface area (Å²) in [6, 6.07) is 7.53. The summed E-state index contributed by atoms with van der Waals surface area (Å²) in [7, 11) is 0. The van der Waals surface area contributed by atoms with Crippen LogP contribution >= 0.6 is 0 Å². The first-order valence-electron chi connectivity index (χ1n) is 4.57. The molecule has 0 radical (unpaired) electrons. The van der Waals surface area contributed by atoms with Gasteiger partial charge in [-0.1, -0.05) is 43.5 Å². The maximum absolute atomic E-state index is 10.3. The Hall–Kier alpha value is -2.09. The number of allylic oxidation sites excluding steroid dienone is 4. The third-order valence-electron chi connectivity index (χ3n) is 1.94. The number of amides is 1. The van der Waals surface area contributed by atoms with E-state index in [4.69, 9.17) is 0 Å². The lowest BCUT2D eigenvalue weighted by molar-refractivity contribution is -0.105. The third kappa shape index (κ3) is 2.95. The molecule has 0 aliphatic carbocycles. The number of rotatable bonds is 5. The van der Waals surface area contributed by atoms with Gasteiger partial charge in [0.05, 0.1) is 0 Å². The lowest BCUT2D eigenvalue weighted by atomic mass is 10.1. The molecule has 0 aliphatic rings. The minimum absolute atomic E-state index is 0.657. The van der Waals surface area contributed by atoms with Crippen LogP contribution in [0.3, 0.4) is 0 Å². The van der Waals surface area contributed by atoms with Gasteiger partial charge in [0.2, 0.25) is 6.41 Å². The zero-order valence-electron chi connectivity index (χ0n) is 8.44. The summed E-state index contributed by atoms with van der Waals surface area (Å²) in [6.07, 6.45) is 5.98. The molecule has 0 bridgehead atoms. The highest BCUT2D eigenvalue weighted by Gasteiger charge is 1.97. The van der Waals surface area contributed by atoms with Gasteiger partial charge in [-0.25, -0.2) is 0 Å². The van der Waals surface area contributed by atoms with Gasteiger partial charge in [-0.2, -0.15) is 0 Å². The number of hydrogen-bond acceptors (Lipinski definition) is 1. The average molecular weight is 199 g/mol. The Morgan fingerprint density at radius 2 is 2.13 bits per heavy atom. The van der Waals surface area contributed by atoms with E-state index in [0.29, 0.717) is 6.41 Å². The minimum Gasteiger partial charge on any atom is -0.329 e. The Morgan fingerprint density at radius 3 is 2.73 bits per heavy atom. The van der Waals surface area contributed by atoms with E-state index in [9.17, 15) is 4.79 Å². The van der Waals surface area contributed by atoms with E-state index in [2.05, 4.69) is 18.5 Å². The molecule has 2 nitrogen and oxygen atoms in total. The number of anilines is 1. The number of carbonyl (C=O) groups excluding carboxylic acids is 1. The van der Waals surface area contributed by atoms with Crippen molar-refractivity contribution < 1.29 is 4.79 Å². The predicted molar refractivity (Wildman–Crippen MR) is 64.5 cm³/mol. The molecule has 0 saturated carbocycles. The molecule has 0 spiro atoms. The molecule has 1 amide bonds. The first-order chi connectivity index (χ1) is 7.31. The van der Waals surface area contributed by atoms with Crippen molar-refractivity contribution in [1.82, 2.24) is 0 Å². The van der Waals surface area contributed by atoms with Gasteiger partial charge in [-0.15, -0.1) is 0 Å². The second kappa shape index (κ2) is 5.60. The summed E-state index contributed by atoms with van der Waals surface area (Å²) in [4.78, 5) is 10.3. The van der Waals surface area contributed by atoms with Crippen molar-refractivity contribution >= 4 is 17.7 Å². The van der Waals surface area contributed by atoms with Crippen molar-refractivity contribution in [2.45, 2.75) is 0 Å². The quantitative estimate of drug-likeness (QED) is 0.573. The molecule has 76 valence electrons. The normalized spacial score (nSPS) is 10.5. The van der Waals surface area contributed by atoms with Gasteiger partial charge in [-0.05, 0) is 23.3 Å². The van der Waals surface area contributed by atoms with E-state index in [1.54, 1.807) is 12.2 Å². The Labute approximate surface area is 89.6 Å². The highest BCUT2D eigenvalue weighted by Crippen LogP contribution is 2.19. The van der Waals surface area contributed by atoms with Gasteiger partial charge in [0, 0.05) is 5.69 Å². The molecule has 0 atom stereocenters. The van der Waals surface area contributed by atoms with E-state index >= 15 is 0 Å². The Balaban J connectivity index is 3.07. The summed E-state index contributed by atoms with van der Waals surface area (Å²) in [5.74, 6) is 0. The molecular formula is C13H13NO. The van der Waals surface area contributed by atoms with Crippen LogP contribution in [0, 0.1) is 0 Å². The van der Waals surface area contributed by atoms with Crippen LogP contribution < -0.4 is 5.32 Å². The van der Waals surface area contributed by atoms with Crippen LogP contribution in [-0.2, 0) is 4.79 Å². The van der Waals surface area contributed by atoms with Crippen LogP contribution in [0.25, 0.3) is 5.57 Å². The number of hydrogen-bond donors (Lipinski definition) is 1. The van der Waals surface area contributed by atoms with E-state index in [-0.39, 0.29) is 0 Å². The van der Waals surface area contributed by atoms with Crippen molar-refractivity contribution in [2.24, 2.45) is 0 Å². The lowest BCUT2D eigenvalue weighted by Gasteiger charge is -2.04. The summed E-state index contributed by atoms with van der Waals surface area (Å²) < 4.78 is 0. The number of nitrogens with one attached hydrogen (secondary N) is 1. The summed E-state index contributed by atoms with van der Waals surface area (Å²) in [6.45, 7) is 7.36. The SMILES string of the molecule is C=C/C=C(\C=C)c1cccc(NC=O)c1. The molecule has 0 heterocycles. The van der Waals surface area contributed by atoms with Crippen LogP contribution in [0.4, 0.5) is 5.69 Å². The minimum atomic E-state index is 0.657. The second-order valence-corrected chi connectivity index (χ2v) is 2.90.